The summed E-state index contributed by atoms with van der Waals surface area (Å²) in [6.07, 6.45) is 5.03. The number of amides is 1. The minimum absolute atomic E-state index is 0. The van der Waals surface area contributed by atoms with Crippen LogP contribution in [0.25, 0.3) is 11.4 Å². The van der Waals surface area contributed by atoms with Crippen molar-refractivity contribution in [1.82, 2.24) is 20.8 Å². The van der Waals surface area contributed by atoms with Crippen molar-refractivity contribution in [2.24, 2.45) is 11.3 Å². The molecule has 2 fully saturated rings. The lowest BCUT2D eigenvalue weighted by atomic mass is 9.67. The summed E-state index contributed by atoms with van der Waals surface area (Å²) in [5.74, 6) is 1.70. The van der Waals surface area contributed by atoms with Crippen LogP contribution in [0.5, 0.6) is 0 Å². The number of carbonyl (C=O) groups is 1. The molecule has 0 radical (unpaired) electrons. The van der Waals surface area contributed by atoms with Gasteiger partial charge in [-0.1, -0.05) is 29.6 Å². The topological polar surface area (TPSA) is 80.1 Å². The van der Waals surface area contributed by atoms with Gasteiger partial charge in [0.05, 0.1) is 5.41 Å². The zero-order valence-corrected chi connectivity index (χ0v) is 16.6. The molecule has 2 atom stereocenters. The first kappa shape index (κ1) is 20.1. The molecule has 1 saturated heterocycles. The maximum Gasteiger partial charge on any atom is 0.228 e. The van der Waals surface area contributed by atoms with Crippen LogP contribution in [0.3, 0.4) is 0 Å². The van der Waals surface area contributed by atoms with Gasteiger partial charge in [0.15, 0.2) is 0 Å². The predicted molar refractivity (Wildman–Crippen MR) is 106 cm³/mol. The largest absolute Gasteiger partial charge is 0.355 e. The van der Waals surface area contributed by atoms with E-state index in [9.17, 15) is 4.79 Å². The number of rotatable bonds is 5. The molecule has 2 N–H and O–H groups in total. The summed E-state index contributed by atoms with van der Waals surface area (Å²) in [7, 11) is 0. The molecule has 2 aliphatic rings. The van der Waals surface area contributed by atoms with Gasteiger partial charge in [0.25, 0.3) is 0 Å². The molecule has 2 aromatic rings. The second-order valence-corrected chi connectivity index (χ2v) is 7.69. The number of hydrogen-bond acceptors (Lipinski definition) is 5. The van der Waals surface area contributed by atoms with E-state index in [-0.39, 0.29) is 23.7 Å². The Hall–Kier alpha value is -1.63. The molecule has 1 aromatic heterocycles. The Morgan fingerprint density at radius 2 is 2.15 bits per heavy atom. The molecule has 0 spiro atoms. The van der Waals surface area contributed by atoms with E-state index in [2.05, 4.69) is 20.8 Å². The zero-order chi connectivity index (χ0) is 18.0. The quantitative estimate of drug-likeness (QED) is 0.790. The van der Waals surface area contributed by atoms with Crippen molar-refractivity contribution in [3.8, 4) is 11.4 Å². The summed E-state index contributed by atoms with van der Waals surface area (Å²) >= 11 is 5.90. The van der Waals surface area contributed by atoms with Crippen LogP contribution in [0.4, 0.5) is 0 Å². The van der Waals surface area contributed by atoms with Crippen LogP contribution in [-0.2, 0) is 11.2 Å². The fourth-order valence-electron chi connectivity index (χ4n) is 4.22. The summed E-state index contributed by atoms with van der Waals surface area (Å²) in [6.45, 7) is 2.27. The van der Waals surface area contributed by atoms with E-state index in [1.807, 2.05) is 12.1 Å². The Morgan fingerprint density at radius 3 is 2.96 bits per heavy atom. The lowest BCUT2D eigenvalue weighted by Crippen LogP contribution is -2.48. The first-order valence-corrected chi connectivity index (χ1v) is 9.63. The standard InChI is InChI=1S/C19H23ClN4O2.ClH/c20-15-6-4-13(5-7-15)17-23-16(26-24-17)8-10-22-18(25)19-9-2-1-3-14(19)11-21-12-19;/h4-7,14,21H,1-3,8-12H2,(H,22,25);1H/t14-,19+;/m0./s1. The normalized spacial score (nSPS) is 24.1. The number of carbonyl (C=O) groups excluding carboxylic acids is 1. The number of hydrogen-bond donors (Lipinski definition) is 2. The average molecular weight is 411 g/mol. The second-order valence-electron chi connectivity index (χ2n) is 7.25. The molecule has 27 heavy (non-hydrogen) atoms. The highest BCUT2D eigenvalue weighted by Crippen LogP contribution is 2.43. The summed E-state index contributed by atoms with van der Waals surface area (Å²) in [4.78, 5) is 17.2. The van der Waals surface area contributed by atoms with Crippen LogP contribution in [0.15, 0.2) is 28.8 Å². The highest BCUT2D eigenvalue weighted by Gasteiger charge is 2.49. The number of benzene rings is 1. The minimum Gasteiger partial charge on any atom is -0.355 e. The molecule has 0 bridgehead atoms. The van der Waals surface area contributed by atoms with E-state index < -0.39 is 0 Å². The second kappa shape index (κ2) is 8.59. The van der Waals surface area contributed by atoms with Gasteiger partial charge in [0.2, 0.25) is 17.6 Å². The number of nitrogens with zero attached hydrogens (tertiary/aromatic N) is 2. The van der Waals surface area contributed by atoms with Gasteiger partial charge in [-0.3, -0.25) is 4.79 Å². The Balaban J connectivity index is 0.00000210. The van der Waals surface area contributed by atoms with Gasteiger partial charge in [-0.15, -0.1) is 12.4 Å². The van der Waals surface area contributed by atoms with Crippen molar-refractivity contribution in [3.63, 3.8) is 0 Å². The summed E-state index contributed by atoms with van der Waals surface area (Å²) < 4.78 is 5.30. The van der Waals surface area contributed by atoms with Crippen molar-refractivity contribution < 1.29 is 9.32 Å². The minimum atomic E-state index is -0.221. The molecule has 8 heteroatoms. The number of halogens is 2. The van der Waals surface area contributed by atoms with Crippen molar-refractivity contribution >= 4 is 29.9 Å². The molecule has 1 aromatic carbocycles. The third kappa shape index (κ3) is 4.13. The van der Waals surface area contributed by atoms with Crippen molar-refractivity contribution in [2.75, 3.05) is 19.6 Å². The molecule has 146 valence electrons. The number of fused-ring (bicyclic) bond motifs is 1. The van der Waals surface area contributed by atoms with Crippen LogP contribution in [-0.4, -0.2) is 35.7 Å². The molecule has 1 aliphatic carbocycles. The third-order valence-corrected chi connectivity index (χ3v) is 5.94. The van der Waals surface area contributed by atoms with E-state index >= 15 is 0 Å². The Morgan fingerprint density at radius 1 is 1.33 bits per heavy atom. The predicted octanol–water partition coefficient (Wildman–Crippen LogP) is 3.25. The summed E-state index contributed by atoms with van der Waals surface area (Å²) in [6, 6.07) is 7.30. The lowest BCUT2D eigenvalue weighted by molar-refractivity contribution is -0.133. The van der Waals surface area contributed by atoms with Crippen molar-refractivity contribution in [1.29, 1.82) is 0 Å². The molecule has 0 unspecified atom stereocenters. The van der Waals surface area contributed by atoms with Gasteiger partial charge in [-0.25, -0.2) is 0 Å². The highest BCUT2D eigenvalue weighted by atomic mass is 35.5. The lowest BCUT2D eigenvalue weighted by Gasteiger charge is -2.37. The van der Waals surface area contributed by atoms with Crippen molar-refractivity contribution in [2.45, 2.75) is 32.1 Å². The summed E-state index contributed by atoms with van der Waals surface area (Å²) in [5.41, 5.74) is 0.635. The van der Waals surface area contributed by atoms with Crippen LogP contribution < -0.4 is 10.6 Å². The van der Waals surface area contributed by atoms with E-state index in [1.165, 1.54) is 6.42 Å². The molecular formula is C19H24Cl2N4O2. The van der Waals surface area contributed by atoms with E-state index in [1.54, 1.807) is 12.1 Å². The number of aromatic nitrogens is 2. The Labute approximate surface area is 169 Å². The van der Waals surface area contributed by atoms with Gasteiger partial charge >= 0.3 is 0 Å². The Kier molecular flexibility index (Phi) is 6.40. The third-order valence-electron chi connectivity index (χ3n) is 5.69. The summed E-state index contributed by atoms with van der Waals surface area (Å²) in [5, 5.41) is 11.2. The average Bonchev–Trinajstić information content (AvgIpc) is 3.30. The first-order chi connectivity index (χ1) is 12.7. The molecule has 1 aliphatic heterocycles. The van der Waals surface area contributed by atoms with Gasteiger partial charge in [0.1, 0.15) is 0 Å². The fourth-order valence-corrected chi connectivity index (χ4v) is 4.35. The van der Waals surface area contributed by atoms with Crippen molar-refractivity contribution in [3.05, 3.63) is 35.2 Å². The van der Waals surface area contributed by atoms with Gasteiger partial charge in [-0.05, 0) is 49.6 Å². The molecule has 1 saturated carbocycles. The first-order valence-electron chi connectivity index (χ1n) is 9.25. The molecular weight excluding hydrogens is 387 g/mol. The highest BCUT2D eigenvalue weighted by molar-refractivity contribution is 6.30. The van der Waals surface area contributed by atoms with E-state index in [0.717, 1.165) is 37.9 Å². The van der Waals surface area contributed by atoms with Crippen LogP contribution >= 0.6 is 24.0 Å². The molecule has 2 heterocycles. The maximum absolute atomic E-state index is 12.8. The van der Waals surface area contributed by atoms with Crippen LogP contribution in [0.1, 0.15) is 31.6 Å². The molecule has 4 rings (SSSR count). The zero-order valence-electron chi connectivity index (χ0n) is 15.0. The van der Waals surface area contributed by atoms with Gasteiger partial charge < -0.3 is 15.2 Å². The number of nitrogens with one attached hydrogen (secondary N) is 2. The smallest absolute Gasteiger partial charge is 0.228 e. The Bertz CT molecular complexity index is 780. The monoisotopic (exact) mass is 410 g/mol. The molecule has 6 nitrogen and oxygen atoms in total. The van der Waals surface area contributed by atoms with Crippen LogP contribution in [0, 0.1) is 11.3 Å². The molecule has 1 amide bonds. The van der Waals surface area contributed by atoms with Gasteiger partial charge in [0, 0.05) is 30.1 Å². The van der Waals surface area contributed by atoms with E-state index in [4.69, 9.17) is 16.1 Å². The maximum atomic E-state index is 12.8. The SMILES string of the molecule is Cl.O=C(NCCc1nc(-c2ccc(Cl)cc2)no1)[C@@]12CCCC[C@H]1CNC2. The van der Waals surface area contributed by atoms with E-state index in [0.29, 0.717) is 35.6 Å². The fraction of sp³-hybridized carbons (Fsp3) is 0.526. The van der Waals surface area contributed by atoms with Gasteiger partial charge in [-0.2, -0.15) is 4.98 Å². The van der Waals surface area contributed by atoms with Crippen LogP contribution in [0.2, 0.25) is 5.02 Å².